The van der Waals surface area contributed by atoms with E-state index in [4.69, 9.17) is 0 Å². The average molecular weight is 292 g/mol. The van der Waals surface area contributed by atoms with Gasteiger partial charge in [0.15, 0.2) is 5.82 Å². The summed E-state index contributed by atoms with van der Waals surface area (Å²) >= 11 is 0. The summed E-state index contributed by atoms with van der Waals surface area (Å²) in [6, 6.07) is 8.34. The van der Waals surface area contributed by atoms with Gasteiger partial charge in [0.25, 0.3) is 0 Å². The summed E-state index contributed by atoms with van der Waals surface area (Å²) in [4.78, 5) is 6.75. The predicted molar refractivity (Wildman–Crippen MR) is 89.3 cm³/mol. The number of hydrogen-bond donors (Lipinski definition) is 0. The Bertz CT molecular complexity index is 752. The van der Waals surface area contributed by atoms with Crippen molar-refractivity contribution in [3.63, 3.8) is 0 Å². The van der Waals surface area contributed by atoms with Crippen LogP contribution >= 0.6 is 0 Å². The molecule has 22 heavy (non-hydrogen) atoms. The second-order valence-corrected chi connectivity index (χ2v) is 5.38. The van der Waals surface area contributed by atoms with Crippen molar-refractivity contribution in [3.8, 4) is 5.82 Å². The van der Waals surface area contributed by atoms with Gasteiger partial charge in [-0.25, -0.2) is 9.67 Å². The van der Waals surface area contributed by atoms with Crippen LogP contribution in [0.25, 0.3) is 11.4 Å². The molecule has 0 bridgehead atoms. The van der Waals surface area contributed by atoms with Gasteiger partial charge in [0.2, 0.25) is 0 Å². The van der Waals surface area contributed by atoms with Crippen molar-refractivity contribution in [2.45, 2.75) is 26.8 Å². The van der Waals surface area contributed by atoms with Crippen LogP contribution in [0.1, 0.15) is 25.2 Å². The molecule has 4 heteroatoms. The molecule has 3 heterocycles. The quantitative estimate of drug-likeness (QED) is 0.865. The van der Waals surface area contributed by atoms with Crippen LogP contribution in [-0.2, 0) is 0 Å². The van der Waals surface area contributed by atoms with Crippen LogP contribution in [0, 0.1) is 6.92 Å². The van der Waals surface area contributed by atoms with Crippen LogP contribution < -0.4 is 0 Å². The second-order valence-electron chi connectivity index (χ2n) is 5.38. The fourth-order valence-electron chi connectivity index (χ4n) is 2.52. The third kappa shape index (κ3) is 2.72. The smallest absolute Gasteiger partial charge is 0.154 e. The molecule has 1 unspecified atom stereocenters. The van der Waals surface area contributed by atoms with Crippen LogP contribution in [0.3, 0.4) is 0 Å². The Hall–Kier alpha value is -2.62. The largest absolute Gasteiger partial charge is 0.347 e. The summed E-state index contributed by atoms with van der Waals surface area (Å²) in [5.74, 6) is 0.838. The summed E-state index contributed by atoms with van der Waals surface area (Å²) in [7, 11) is 0. The van der Waals surface area contributed by atoms with E-state index in [9.17, 15) is 0 Å². The molecule has 1 atom stereocenters. The Labute approximate surface area is 131 Å². The van der Waals surface area contributed by atoms with Crippen molar-refractivity contribution < 1.29 is 0 Å². The van der Waals surface area contributed by atoms with Gasteiger partial charge in [0, 0.05) is 23.5 Å². The van der Waals surface area contributed by atoms with E-state index in [0.717, 1.165) is 22.8 Å². The fraction of sp³-hybridized carbons (Fsp3) is 0.222. The molecule has 1 aliphatic heterocycles. The maximum atomic E-state index is 4.56. The first-order valence-corrected chi connectivity index (χ1v) is 7.48. The molecule has 0 radical (unpaired) electrons. The van der Waals surface area contributed by atoms with Gasteiger partial charge in [-0.15, -0.1) is 0 Å². The van der Waals surface area contributed by atoms with Gasteiger partial charge in [0.1, 0.15) is 0 Å². The Morgan fingerprint density at radius 3 is 2.86 bits per heavy atom. The lowest BCUT2D eigenvalue weighted by atomic mass is 10.1. The Morgan fingerprint density at radius 2 is 2.09 bits per heavy atom. The molecule has 0 spiro atoms. The van der Waals surface area contributed by atoms with Crippen LogP contribution in [0.2, 0.25) is 0 Å². The Kier molecular flexibility index (Phi) is 3.92. The zero-order valence-electron chi connectivity index (χ0n) is 13.1. The highest BCUT2D eigenvalue weighted by molar-refractivity contribution is 5.73. The molecule has 3 rings (SSSR count). The van der Waals surface area contributed by atoms with E-state index in [-0.39, 0.29) is 0 Å². The van der Waals surface area contributed by atoms with Gasteiger partial charge in [-0.05, 0) is 45.2 Å². The standard InChI is InChI=1S/C18H20N4/c1-4-12-21-13-16(9-8-15(21)3)17-10-11-19-22(17)18-7-5-6-14(2)20-18/h4-13,15H,1-3H3/b12-4-. The zero-order chi connectivity index (χ0) is 15.5. The molecule has 1 aliphatic rings. The highest BCUT2D eigenvalue weighted by Crippen LogP contribution is 2.24. The molecule has 0 aliphatic carbocycles. The summed E-state index contributed by atoms with van der Waals surface area (Å²) < 4.78 is 1.88. The molecular formula is C18H20N4. The monoisotopic (exact) mass is 292 g/mol. The summed E-state index contributed by atoms with van der Waals surface area (Å²) in [5, 5.41) is 4.44. The molecule has 4 nitrogen and oxygen atoms in total. The van der Waals surface area contributed by atoms with E-state index in [1.165, 1.54) is 0 Å². The number of aryl methyl sites for hydroxylation is 1. The maximum absolute atomic E-state index is 4.56. The summed E-state index contributed by atoms with van der Waals surface area (Å²) in [6.07, 6.45) is 12.4. The van der Waals surface area contributed by atoms with Gasteiger partial charge in [-0.3, -0.25) is 0 Å². The van der Waals surface area contributed by atoms with Crippen molar-refractivity contribution in [3.05, 3.63) is 72.5 Å². The van der Waals surface area contributed by atoms with Gasteiger partial charge in [-0.2, -0.15) is 5.10 Å². The van der Waals surface area contributed by atoms with Crippen LogP contribution in [0.15, 0.2) is 61.1 Å². The van der Waals surface area contributed by atoms with Gasteiger partial charge < -0.3 is 4.90 Å². The van der Waals surface area contributed by atoms with Crippen LogP contribution in [0.5, 0.6) is 0 Å². The van der Waals surface area contributed by atoms with E-state index >= 15 is 0 Å². The van der Waals surface area contributed by atoms with Crippen molar-refractivity contribution in [1.82, 2.24) is 19.7 Å². The second kappa shape index (κ2) is 6.02. The highest BCUT2D eigenvalue weighted by Gasteiger charge is 2.15. The molecule has 2 aromatic rings. The van der Waals surface area contributed by atoms with E-state index in [2.05, 4.69) is 46.5 Å². The van der Waals surface area contributed by atoms with Crippen molar-refractivity contribution in [1.29, 1.82) is 0 Å². The van der Waals surface area contributed by atoms with Gasteiger partial charge in [-0.1, -0.05) is 24.3 Å². The number of nitrogens with zero attached hydrogens (tertiary/aromatic N) is 4. The Morgan fingerprint density at radius 1 is 1.23 bits per heavy atom. The number of allylic oxidation sites excluding steroid dienone is 3. The van der Waals surface area contributed by atoms with E-state index in [1.807, 2.05) is 55.1 Å². The van der Waals surface area contributed by atoms with Gasteiger partial charge >= 0.3 is 0 Å². The minimum absolute atomic E-state index is 0.355. The molecule has 112 valence electrons. The lowest BCUT2D eigenvalue weighted by Gasteiger charge is -2.26. The molecular weight excluding hydrogens is 272 g/mol. The lowest BCUT2D eigenvalue weighted by molar-refractivity contribution is 0.449. The van der Waals surface area contributed by atoms with Crippen molar-refractivity contribution in [2.75, 3.05) is 0 Å². The molecule has 0 aromatic carbocycles. The molecule has 0 fully saturated rings. The van der Waals surface area contributed by atoms with Crippen LogP contribution in [-0.4, -0.2) is 25.7 Å². The molecule has 0 N–H and O–H groups in total. The minimum Gasteiger partial charge on any atom is -0.347 e. The highest BCUT2D eigenvalue weighted by atomic mass is 15.3. The molecule has 0 saturated carbocycles. The third-order valence-electron chi connectivity index (χ3n) is 3.66. The van der Waals surface area contributed by atoms with Gasteiger partial charge in [0.05, 0.1) is 11.9 Å². The third-order valence-corrected chi connectivity index (χ3v) is 3.66. The predicted octanol–water partition coefficient (Wildman–Crippen LogP) is 3.71. The first-order valence-electron chi connectivity index (χ1n) is 7.48. The lowest BCUT2D eigenvalue weighted by Crippen LogP contribution is -2.23. The number of aromatic nitrogens is 3. The SMILES string of the molecule is C/C=C\N1C=C(c2ccnn2-c2cccc(C)n2)C=CC1C. The fourth-order valence-corrected chi connectivity index (χ4v) is 2.52. The first kappa shape index (κ1) is 14.3. The number of hydrogen-bond acceptors (Lipinski definition) is 3. The number of rotatable bonds is 3. The molecule has 0 amide bonds. The normalized spacial score (nSPS) is 18.0. The number of pyridine rings is 1. The molecule has 2 aromatic heterocycles. The van der Waals surface area contributed by atoms with Crippen molar-refractivity contribution >= 4 is 5.57 Å². The molecule has 0 saturated heterocycles. The Balaban J connectivity index is 2.02. The minimum atomic E-state index is 0.355. The van der Waals surface area contributed by atoms with E-state index in [0.29, 0.717) is 6.04 Å². The first-order chi connectivity index (χ1) is 10.7. The van der Waals surface area contributed by atoms with E-state index < -0.39 is 0 Å². The topological polar surface area (TPSA) is 34.0 Å². The zero-order valence-corrected chi connectivity index (χ0v) is 13.1. The maximum Gasteiger partial charge on any atom is 0.154 e. The summed E-state index contributed by atoms with van der Waals surface area (Å²) in [5.41, 5.74) is 3.14. The summed E-state index contributed by atoms with van der Waals surface area (Å²) in [6.45, 7) is 6.19. The van der Waals surface area contributed by atoms with Crippen molar-refractivity contribution in [2.24, 2.45) is 0 Å². The van der Waals surface area contributed by atoms with Crippen LogP contribution in [0.4, 0.5) is 0 Å². The average Bonchev–Trinajstić information content (AvgIpc) is 2.99. The van der Waals surface area contributed by atoms with E-state index in [1.54, 1.807) is 0 Å².